The Hall–Kier alpha value is -3.32. The van der Waals surface area contributed by atoms with Crippen LogP contribution in [0.2, 0.25) is 5.02 Å². The molecular weight excluding hydrogens is 354 g/mol. The normalized spacial score (nSPS) is 11.0. The van der Waals surface area contributed by atoms with Gasteiger partial charge in [-0.1, -0.05) is 34.6 Å². The molecule has 0 atom stereocenters. The summed E-state index contributed by atoms with van der Waals surface area (Å²) in [6, 6.07) is 12.4. The maximum absolute atomic E-state index is 12.8. The quantitative estimate of drug-likeness (QED) is 0.430. The highest BCUT2D eigenvalue weighted by Crippen LogP contribution is 2.30. The number of aryl methyl sites for hydroxylation is 1. The van der Waals surface area contributed by atoms with Crippen molar-refractivity contribution < 1.29 is 9.64 Å². The largest absolute Gasteiger partial charge is 0.596 e. The van der Waals surface area contributed by atoms with Gasteiger partial charge in [0.05, 0.1) is 17.6 Å². The van der Waals surface area contributed by atoms with Crippen LogP contribution in [0.3, 0.4) is 0 Å². The molecule has 4 aromatic rings. The van der Waals surface area contributed by atoms with Crippen molar-refractivity contribution >= 4 is 28.7 Å². The number of benzene rings is 1. The predicted molar refractivity (Wildman–Crippen MR) is 98.1 cm³/mol. The molecule has 26 heavy (non-hydrogen) atoms. The predicted octanol–water partition coefficient (Wildman–Crippen LogP) is 3.18. The van der Waals surface area contributed by atoms with Gasteiger partial charge in [-0.25, -0.2) is 0 Å². The van der Waals surface area contributed by atoms with Gasteiger partial charge in [0.15, 0.2) is 0 Å². The Kier molecular flexibility index (Phi) is 3.85. The van der Waals surface area contributed by atoms with E-state index in [0.717, 1.165) is 5.56 Å². The standard InChI is InChI=1S/C18H14ClN5O2/c1-11-16(17(22-21-11)12-5-4-6-13(19)9-12)20-18(25)14-10-24(26)23-8-3-2-7-15(14)23/h2-10H,1H3,(H,20,25)(H,21,22). The van der Waals surface area contributed by atoms with Crippen molar-refractivity contribution in [1.82, 2.24) is 14.7 Å². The van der Waals surface area contributed by atoms with Gasteiger partial charge in [-0.3, -0.25) is 9.89 Å². The number of carbonyl (C=O) groups is 1. The van der Waals surface area contributed by atoms with Crippen molar-refractivity contribution in [1.29, 1.82) is 0 Å². The average molecular weight is 368 g/mol. The number of halogens is 1. The maximum Gasteiger partial charge on any atom is 0.264 e. The summed E-state index contributed by atoms with van der Waals surface area (Å²) >= 11 is 6.06. The fourth-order valence-electron chi connectivity index (χ4n) is 2.84. The first-order valence-electron chi connectivity index (χ1n) is 7.86. The number of carbonyl (C=O) groups excluding carboxylic acids is 1. The van der Waals surface area contributed by atoms with E-state index in [1.165, 1.54) is 10.7 Å². The molecule has 1 aromatic carbocycles. The first-order chi connectivity index (χ1) is 12.5. The molecule has 0 unspecified atom stereocenters. The molecule has 7 nitrogen and oxygen atoms in total. The van der Waals surface area contributed by atoms with Gasteiger partial charge in [-0.15, -0.1) is 4.52 Å². The lowest BCUT2D eigenvalue weighted by atomic mass is 10.1. The lowest BCUT2D eigenvalue weighted by Gasteiger charge is -2.06. The highest BCUT2D eigenvalue weighted by molar-refractivity contribution is 6.30. The molecule has 0 radical (unpaired) electrons. The minimum atomic E-state index is -0.393. The fraction of sp³-hybridized carbons (Fsp3) is 0.0556. The fourth-order valence-corrected chi connectivity index (χ4v) is 3.03. The third kappa shape index (κ3) is 2.68. The smallest absolute Gasteiger partial charge is 0.264 e. The number of anilines is 1. The van der Waals surface area contributed by atoms with E-state index in [9.17, 15) is 10.0 Å². The Morgan fingerprint density at radius 1 is 1.31 bits per heavy atom. The number of hydrogen-bond acceptors (Lipinski definition) is 3. The van der Waals surface area contributed by atoms with Crippen LogP contribution in [0.15, 0.2) is 54.9 Å². The Morgan fingerprint density at radius 3 is 2.96 bits per heavy atom. The van der Waals surface area contributed by atoms with Crippen LogP contribution in [0, 0.1) is 12.1 Å². The molecule has 0 aliphatic heterocycles. The zero-order valence-electron chi connectivity index (χ0n) is 13.7. The minimum Gasteiger partial charge on any atom is -0.596 e. The molecule has 0 spiro atoms. The van der Waals surface area contributed by atoms with Crippen LogP contribution in [0.5, 0.6) is 0 Å². The van der Waals surface area contributed by atoms with E-state index in [1.807, 2.05) is 19.1 Å². The number of aromatic amines is 1. The van der Waals surface area contributed by atoms with Gasteiger partial charge in [-0.05, 0) is 31.2 Å². The van der Waals surface area contributed by atoms with Gasteiger partial charge >= 0.3 is 0 Å². The molecule has 0 fully saturated rings. The van der Waals surface area contributed by atoms with Crippen LogP contribution in [0.4, 0.5) is 5.69 Å². The average Bonchev–Trinajstić information content (AvgIpc) is 3.16. The van der Waals surface area contributed by atoms with E-state index in [0.29, 0.717) is 32.5 Å². The van der Waals surface area contributed by atoms with E-state index in [2.05, 4.69) is 15.5 Å². The molecule has 0 saturated carbocycles. The van der Waals surface area contributed by atoms with Crippen LogP contribution < -0.4 is 10.2 Å². The first kappa shape index (κ1) is 16.2. The van der Waals surface area contributed by atoms with Gasteiger partial charge in [0.25, 0.3) is 5.91 Å². The van der Waals surface area contributed by atoms with Crippen LogP contribution >= 0.6 is 11.6 Å². The van der Waals surface area contributed by atoms with Crippen LogP contribution in [0.1, 0.15) is 16.1 Å². The zero-order valence-corrected chi connectivity index (χ0v) is 14.5. The summed E-state index contributed by atoms with van der Waals surface area (Å²) < 4.78 is 1.36. The van der Waals surface area contributed by atoms with Crippen molar-refractivity contribution in [2.24, 2.45) is 0 Å². The topological polar surface area (TPSA) is 89.1 Å². The lowest BCUT2D eigenvalue weighted by Crippen LogP contribution is -2.31. The number of pyridine rings is 1. The van der Waals surface area contributed by atoms with Gasteiger partial charge in [0, 0.05) is 10.6 Å². The van der Waals surface area contributed by atoms with Crippen molar-refractivity contribution in [2.45, 2.75) is 6.92 Å². The summed E-state index contributed by atoms with van der Waals surface area (Å²) in [6.07, 6.45) is 2.85. The minimum absolute atomic E-state index is 0.276. The van der Waals surface area contributed by atoms with E-state index in [1.54, 1.807) is 36.5 Å². The number of aromatic nitrogens is 4. The van der Waals surface area contributed by atoms with Gasteiger partial charge in [0.1, 0.15) is 16.8 Å². The molecule has 3 aromatic heterocycles. The molecule has 2 N–H and O–H groups in total. The zero-order chi connectivity index (χ0) is 18.3. The van der Waals surface area contributed by atoms with E-state index in [-0.39, 0.29) is 5.56 Å². The van der Waals surface area contributed by atoms with Gasteiger partial charge < -0.3 is 10.5 Å². The first-order valence-corrected chi connectivity index (χ1v) is 8.24. The Labute approximate surface area is 153 Å². The third-order valence-corrected chi connectivity index (χ3v) is 4.33. The molecule has 0 saturated heterocycles. The molecule has 0 bridgehead atoms. The molecular formula is C18H14ClN5O2. The van der Waals surface area contributed by atoms with E-state index < -0.39 is 5.91 Å². The molecule has 0 aliphatic carbocycles. The maximum atomic E-state index is 12.8. The van der Waals surface area contributed by atoms with Crippen LogP contribution in [-0.2, 0) is 0 Å². The number of nitrogens with one attached hydrogen (secondary N) is 2. The Balaban J connectivity index is 1.74. The molecule has 4 rings (SSSR count). The monoisotopic (exact) mass is 367 g/mol. The summed E-state index contributed by atoms with van der Waals surface area (Å²) in [5, 5.41) is 22.5. The van der Waals surface area contributed by atoms with E-state index >= 15 is 0 Å². The second-order valence-corrected chi connectivity index (χ2v) is 6.25. The molecule has 8 heteroatoms. The van der Waals surface area contributed by atoms with Crippen LogP contribution in [0.25, 0.3) is 16.8 Å². The molecule has 0 aliphatic rings. The number of amides is 1. The Morgan fingerprint density at radius 2 is 2.15 bits per heavy atom. The molecule has 1 amide bonds. The highest BCUT2D eigenvalue weighted by atomic mass is 35.5. The number of fused-ring (bicyclic) bond motifs is 1. The number of hydrogen-bond donors (Lipinski definition) is 2. The van der Waals surface area contributed by atoms with Crippen molar-refractivity contribution in [3.63, 3.8) is 0 Å². The highest BCUT2D eigenvalue weighted by Gasteiger charge is 2.22. The molecule has 3 heterocycles. The van der Waals surface area contributed by atoms with Crippen molar-refractivity contribution in [2.75, 3.05) is 5.32 Å². The summed E-state index contributed by atoms with van der Waals surface area (Å²) in [7, 11) is 0. The number of rotatable bonds is 3. The van der Waals surface area contributed by atoms with Crippen molar-refractivity contribution in [3.8, 4) is 11.3 Å². The summed E-state index contributed by atoms with van der Waals surface area (Å²) in [5.41, 5.74) is 3.40. The summed E-state index contributed by atoms with van der Waals surface area (Å²) in [4.78, 5) is 13.4. The van der Waals surface area contributed by atoms with Gasteiger partial charge in [-0.2, -0.15) is 5.10 Å². The summed E-state index contributed by atoms with van der Waals surface area (Å²) in [6.45, 7) is 1.81. The lowest BCUT2D eigenvalue weighted by molar-refractivity contribution is -0.676. The SMILES string of the molecule is Cc1[nH]nc(-c2cccc(Cl)c2)c1NC(=O)c1c[n+]([O-])n2ccccc12. The van der Waals surface area contributed by atoms with Gasteiger partial charge in [0.2, 0.25) is 6.20 Å². The van der Waals surface area contributed by atoms with Crippen LogP contribution in [-0.4, -0.2) is 20.6 Å². The number of nitrogens with zero attached hydrogens (tertiary/aromatic N) is 3. The molecule has 130 valence electrons. The summed E-state index contributed by atoms with van der Waals surface area (Å²) in [5.74, 6) is -0.393. The second kappa shape index (κ2) is 6.20. The Bertz CT molecular complexity index is 1130. The van der Waals surface area contributed by atoms with E-state index in [4.69, 9.17) is 11.6 Å². The third-order valence-electron chi connectivity index (χ3n) is 4.10. The van der Waals surface area contributed by atoms with Crippen molar-refractivity contribution in [3.05, 3.63) is 76.3 Å². The number of H-pyrrole nitrogens is 1. The second-order valence-electron chi connectivity index (χ2n) is 5.81.